The van der Waals surface area contributed by atoms with Gasteiger partial charge in [-0.1, -0.05) is 76.2 Å². The van der Waals surface area contributed by atoms with Crippen molar-refractivity contribution in [1.29, 1.82) is 0 Å². The first-order valence-corrected chi connectivity index (χ1v) is 11.5. The molecule has 5 nitrogen and oxygen atoms in total. The molecule has 174 valence electrons. The van der Waals surface area contributed by atoms with Crippen molar-refractivity contribution in [3.8, 4) is 5.75 Å². The van der Waals surface area contributed by atoms with Gasteiger partial charge in [-0.3, -0.25) is 14.5 Å². The summed E-state index contributed by atoms with van der Waals surface area (Å²) in [6, 6.07) is 13.8. The molecule has 9 heteroatoms. The summed E-state index contributed by atoms with van der Waals surface area (Å²) in [5.74, 6) is -2.06. The number of hydrogen-bond donors (Lipinski definition) is 1. The highest BCUT2D eigenvalue weighted by atomic mass is 35.5. The molecule has 1 aliphatic heterocycles. The van der Waals surface area contributed by atoms with E-state index >= 15 is 0 Å². The smallest absolute Gasteiger partial charge is 0.300 e. The molecule has 0 saturated carbocycles. The van der Waals surface area contributed by atoms with Crippen molar-refractivity contribution < 1.29 is 19.4 Å². The van der Waals surface area contributed by atoms with E-state index in [1.165, 1.54) is 36.3 Å². The molecular weight excluding hydrogens is 520 g/mol. The number of anilines is 1. The zero-order chi connectivity index (χ0) is 24.7. The lowest BCUT2D eigenvalue weighted by atomic mass is 9.94. The molecule has 1 amide bonds. The van der Waals surface area contributed by atoms with Gasteiger partial charge in [-0.25, -0.2) is 0 Å². The Morgan fingerprint density at radius 3 is 2.32 bits per heavy atom. The normalized spacial score (nSPS) is 17.4. The van der Waals surface area contributed by atoms with E-state index in [0.717, 1.165) is 5.56 Å². The number of aliphatic hydroxyl groups excluding tert-OH is 1. The number of carbonyl (C=O) groups excluding carboxylic acids is 2. The topological polar surface area (TPSA) is 66.8 Å². The van der Waals surface area contributed by atoms with Crippen molar-refractivity contribution in [2.75, 3.05) is 12.0 Å². The fraction of sp³-hybridized carbons (Fsp3) is 0.120. The number of aliphatic hydroxyl groups is 1. The van der Waals surface area contributed by atoms with Crippen molar-refractivity contribution in [2.45, 2.75) is 13.0 Å². The molecule has 1 fully saturated rings. The Bertz CT molecular complexity index is 1370. The van der Waals surface area contributed by atoms with E-state index in [1.807, 2.05) is 19.1 Å². The molecule has 1 aliphatic rings. The van der Waals surface area contributed by atoms with Crippen molar-refractivity contribution in [1.82, 2.24) is 0 Å². The summed E-state index contributed by atoms with van der Waals surface area (Å²) in [6.07, 6.45) is 0. The highest BCUT2D eigenvalue weighted by molar-refractivity contribution is 6.52. The predicted molar refractivity (Wildman–Crippen MR) is 135 cm³/mol. The Morgan fingerprint density at radius 1 is 0.941 bits per heavy atom. The summed E-state index contributed by atoms with van der Waals surface area (Å²) in [5, 5.41) is 12.2. The Kier molecular flexibility index (Phi) is 6.83. The lowest BCUT2D eigenvalue weighted by Gasteiger charge is -2.26. The van der Waals surface area contributed by atoms with Crippen molar-refractivity contribution in [3.05, 3.63) is 97.0 Å². The van der Waals surface area contributed by atoms with Crippen LogP contribution in [-0.4, -0.2) is 23.9 Å². The number of aryl methyl sites for hydroxylation is 1. The second-order valence-corrected chi connectivity index (χ2v) is 9.31. The van der Waals surface area contributed by atoms with Gasteiger partial charge in [0.2, 0.25) is 0 Å². The zero-order valence-corrected chi connectivity index (χ0v) is 20.9. The number of halogens is 4. The molecule has 0 radical (unpaired) electrons. The van der Waals surface area contributed by atoms with Crippen LogP contribution in [0.1, 0.15) is 22.7 Å². The fourth-order valence-electron chi connectivity index (χ4n) is 3.98. The molecule has 0 spiro atoms. The van der Waals surface area contributed by atoms with Gasteiger partial charge >= 0.3 is 0 Å². The summed E-state index contributed by atoms with van der Waals surface area (Å²) in [7, 11) is 1.37. The van der Waals surface area contributed by atoms with Crippen molar-refractivity contribution >= 4 is 69.5 Å². The molecule has 4 rings (SSSR count). The summed E-state index contributed by atoms with van der Waals surface area (Å²) in [4.78, 5) is 27.9. The van der Waals surface area contributed by atoms with Gasteiger partial charge in [-0.2, -0.15) is 0 Å². The molecule has 1 unspecified atom stereocenters. The number of rotatable bonds is 4. The van der Waals surface area contributed by atoms with Gasteiger partial charge in [0.05, 0.1) is 39.4 Å². The first-order valence-electron chi connectivity index (χ1n) is 10.00. The van der Waals surface area contributed by atoms with E-state index < -0.39 is 23.5 Å². The number of hydrogen-bond acceptors (Lipinski definition) is 4. The number of Topliss-reactive ketones (excluding diaryl/α,β-unsaturated/α-hetero) is 1. The molecule has 1 heterocycles. The molecule has 1 saturated heterocycles. The van der Waals surface area contributed by atoms with Gasteiger partial charge in [-0.05, 0) is 42.8 Å². The molecule has 1 N–H and O–H groups in total. The van der Waals surface area contributed by atoms with Crippen LogP contribution in [0.2, 0.25) is 20.1 Å². The minimum atomic E-state index is -0.959. The Hall–Kier alpha value is -2.70. The number of ether oxygens (including phenoxy) is 1. The van der Waals surface area contributed by atoms with Crippen LogP contribution in [0.4, 0.5) is 5.69 Å². The van der Waals surface area contributed by atoms with E-state index in [9.17, 15) is 14.7 Å². The van der Waals surface area contributed by atoms with Gasteiger partial charge in [0.1, 0.15) is 11.5 Å². The summed E-state index contributed by atoms with van der Waals surface area (Å²) < 4.78 is 5.35. The largest absolute Gasteiger partial charge is 0.507 e. The summed E-state index contributed by atoms with van der Waals surface area (Å²) in [5.41, 5.74) is 1.81. The van der Waals surface area contributed by atoms with Crippen LogP contribution in [0.25, 0.3) is 5.76 Å². The first-order chi connectivity index (χ1) is 16.1. The van der Waals surface area contributed by atoms with E-state index in [0.29, 0.717) is 16.3 Å². The molecular formula is C25H17Cl4NO4. The average Bonchev–Trinajstić information content (AvgIpc) is 3.05. The van der Waals surface area contributed by atoms with Gasteiger partial charge in [0.15, 0.2) is 0 Å². The molecule has 3 aromatic carbocycles. The van der Waals surface area contributed by atoms with Gasteiger partial charge in [0.25, 0.3) is 11.7 Å². The lowest BCUT2D eigenvalue weighted by molar-refractivity contribution is -0.132. The first kappa shape index (κ1) is 24.4. The van der Waals surface area contributed by atoms with Crippen LogP contribution < -0.4 is 9.64 Å². The van der Waals surface area contributed by atoms with Gasteiger partial charge < -0.3 is 9.84 Å². The van der Waals surface area contributed by atoms with Crippen LogP contribution in [0, 0.1) is 6.92 Å². The second kappa shape index (κ2) is 9.51. The number of amides is 1. The second-order valence-electron chi connectivity index (χ2n) is 7.65. The van der Waals surface area contributed by atoms with Crippen LogP contribution in [0.3, 0.4) is 0 Å². The quantitative estimate of drug-likeness (QED) is 0.217. The van der Waals surface area contributed by atoms with Gasteiger partial charge in [0, 0.05) is 10.7 Å². The summed E-state index contributed by atoms with van der Waals surface area (Å²) in [6.45, 7) is 1.88. The van der Waals surface area contributed by atoms with Crippen LogP contribution in [0.15, 0.2) is 60.2 Å². The predicted octanol–water partition coefficient (Wildman–Crippen LogP) is 7.24. The highest BCUT2D eigenvalue weighted by Gasteiger charge is 2.47. The van der Waals surface area contributed by atoms with E-state index in [1.54, 1.807) is 18.2 Å². The standard InChI is InChI=1S/C25H17Cl4NO4/c1-12-4-3-5-13(8-12)21-20(22(31)16-9-14(26)10-19(29)24(16)34-2)23(32)25(33)30(21)15-6-7-17(27)18(28)11-15/h3-11,21,31H,1-2H3/b22-20+. The monoisotopic (exact) mass is 535 g/mol. The third-order valence-electron chi connectivity index (χ3n) is 5.45. The SMILES string of the molecule is COc1c(Cl)cc(Cl)cc1/C(O)=C1\C(=O)C(=O)N(c2ccc(Cl)c(Cl)c2)C1c1cccc(C)c1. The number of benzene rings is 3. The number of ketones is 1. The Labute approximate surface area is 216 Å². The Morgan fingerprint density at radius 2 is 1.68 bits per heavy atom. The molecule has 0 aliphatic carbocycles. The maximum absolute atomic E-state index is 13.3. The van der Waals surface area contributed by atoms with Crippen LogP contribution in [0.5, 0.6) is 5.75 Å². The maximum Gasteiger partial charge on any atom is 0.300 e. The van der Waals surface area contributed by atoms with E-state index in [-0.39, 0.29) is 32.0 Å². The third kappa shape index (κ3) is 4.25. The van der Waals surface area contributed by atoms with Gasteiger partial charge in [-0.15, -0.1) is 0 Å². The molecule has 0 bridgehead atoms. The Balaban J connectivity index is 2.02. The molecule has 3 aromatic rings. The fourth-order valence-corrected chi connectivity index (χ4v) is 4.84. The number of nitrogens with zero attached hydrogens (tertiary/aromatic N) is 1. The van der Waals surface area contributed by atoms with Crippen LogP contribution in [-0.2, 0) is 9.59 Å². The third-order valence-corrected chi connectivity index (χ3v) is 6.69. The maximum atomic E-state index is 13.3. The number of carbonyl (C=O) groups is 2. The lowest BCUT2D eigenvalue weighted by Crippen LogP contribution is -2.29. The minimum Gasteiger partial charge on any atom is -0.507 e. The summed E-state index contributed by atoms with van der Waals surface area (Å²) >= 11 is 24.7. The minimum absolute atomic E-state index is 0.0878. The highest BCUT2D eigenvalue weighted by Crippen LogP contribution is 2.45. The molecule has 34 heavy (non-hydrogen) atoms. The van der Waals surface area contributed by atoms with Crippen molar-refractivity contribution in [2.24, 2.45) is 0 Å². The van der Waals surface area contributed by atoms with Crippen molar-refractivity contribution in [3.63, 3.8) is 0 Å². The molecule has 0 aromatic heterocycles. The van der Waals surface area contributed by atoms with Crippen LogP contribution >= 0.6 is 46.4 Å². The number of methoxy groups -OCH3 is 1. The van der Waals surface area contributed by atoms with E-state index in [4.69, 9.17) is 51.1 Å². The average molecular weight is 537 g/mol. The molecule has 1 atom stereocenters. The van der Waals surface area contributed by atoms with E-state index in [2.05, 4.69) is 0 Å². The zero-order valence-electron chi connectivity index (χ0n) is 17.9.